The molecule has 0 spiro atoms. The first-order chi connectivity index (χ1) is 8.90. The molecule has 1 aromatic heterocycles. The summed E-state index contributed by atoms with van der Waals surface area (Å²) in [6, 6.07) is 11.2. The highest BCUT2D eigenvalue weighted by Crippen LogP contribution is 2.18. The monoisotopic (exact) mass is 241 g/mol. The Morgan fingerprint density at radius 2 is 2.00 bits per heavy atom. The highest BCUT2D eigenvalue weighted by molar-refractivity contribution is 5.15. The van der Waals surface area contributed by atoms with Crippen LogP contribution in [0.1, 0.15) is 30.4 Å². The molecule has 1 fully saturated rings. The Bertz CT molecular complexity index is 485. The van der Waals surface area contributed by atoms with Gasteiger partial charge in [-0.15, -0.1) is 0 Å². The number of hydrogen-bond acceptors (Lipinski definition) is 2. The van der Waals surface area contributed by atoms with Crippen molar-refractivity contribution in [2.45, 2.75) is 38.4 Å². The third kappa shape index (κ3) is 2.79. The maximum atomic E-state index is 4.41. The predicted octanol–water partition coefficient (Wildman–Crippen LogP) is 2.57. The van der Waals surface area contributed by atoms with Crippen molar-refractivity contribution in [3.63, 3.8) is 0 Å². The molecule has 1 aliphatic rings. The number of nitrogens with zero attached hydrogens (tertiary/aromatic N) is 2. The minimum atomic E-state index is 0.738. The molecule has 1 N–H and O–H groups in total. The Hall–Kier alpha value is -1.61. The Labute approximate surface area is 108 Å². The maximum absolute atomic E-state index is 4.41. The molecule has 2 aromatic rings. The topological polar surface area (TPSA) is 29.9 Å². The molecule has 94 valence electrons. The van der Waals surface area contributed by atoms with Gasteiger partial charge in [-0.25, -0.2) is 0 Å². The van der Waals surface area contributed by atoms with Gasteiger partial charge in [0.05, 0.1) is 12.7 Å². The number of nitrogens with one attached hydrogen (secondary N) is 1. The fourth-order valence-electron chi connectivity index (χ4n) is 2.23. The Morgan fingerprint density at radius 1 is 1.17 bits per heavy atom. The van der Waals surface area contributed by atoms with Crippen LogP contribution in [0, 0.1) is 0 Å². The second-order valence-corrected chi connectivity index (χ2v) is 5.04. The molecule has 0 atom stereocenters. The lowest BCUT2D eigenvalue weighted by Crippen LogP contribution is -2.34. The van der Waals surface area contributed by atoms with E-state index in [1.165, 1.54) is 30.4 Å². The SMILES string of the molecule is c1ccc(Cn2cc(CNC3CCC3)cn2)cc1. The van der Waals surface area contributed by atoms with Crippen LogP contribution < -0.4 is 5.32 Å². The molecule has 0 radical (unpaired) electrons. The van der Waals surface area contributed by atoms with E-state index in [0.717, 1.165) is 19.1 Å². The zero-order valence-electron chi connectivity index (χ0n) is 10.5. The summed E-state index contributed by atoms with van der Waals surface area (Å²) in [6.07, 6.45) is 8.15. The molecule has 0 aliphatic heterocycles. The van der Waals surface area contributed by atoms with Crippen LogP contribution in [0.3, 0.4) is 0 Å². The molecule has 0 amide bonds. The van der Waals surface area contributed by atoms with Crippen molar-refractivity contribution in [1.29, 1.82) is 0 Å². The zero-order chi connectivity index (χ0) is 12.2. The van der Waals surface area contributed by atoms with Crippen molar-refractivity contribution in [1.82, 2.24) is 15.1 Å². The molecular formula is C15H19N3. The van der Waals surface area contributed by atoms with Gasteiger partial charge in [0.1, 0.15) is 0 Å². The van der Waals surface area contributed by atoms with Crippen LogP contribution >= 0.6 is 0 Å². The highest BCUT2D eigenvalue weighted by atomic mass is 15.3. The van der Waals surface area contributed by atoms with Crippen LogP contribution in [0.4, 0.5) is 0 Å². The van der Waals surface area contributed by atoms with Crippen LogP contribution in [0.5, 0.6) is 0 Å². The fraction of sp³-hybridized carbons (Fsp3) is 0.400. The highest BCUT2D eigenvalue weighted by Gasteiger charge is 2.16. The summed E-state index contributed by atoms with van der Waals surface area (Å²) in [5.41, 5.74) is 2.57. The number of hydrogen-bond donors (Lipinski definition) is 1. The van der Waals surface area contributed by atoms with Gasteiger partial charge in [-0.05, 0) is 18.4 Å². The van der Waals surface area contributed by atoms with E-state index >= 15 is 0 Å². The van der Waals surface area contributed by atoms with Crippen molar-refractivity contribution < 1.29 is 0 Å². The van der Waals surface area contributed by atoms with Crippen molar-refractivity contribution >= 4 is 0 Å². The van der Waals surface area contributed by atoms with E-state index in [1.54, 1.807) is 0 Å². The van der Waals surface area contributed by atoms with E-state index in [0.29, 0.717) is 0 Å². The summed E-state index contributed by atoms with van der Waals surface area (Å²) >= 11 is 0. The molecule has 3 heteroatoms. The van der Waals surface area contributed by atoms with Gasteiger partial charge in [-0.3, -0.25) is 4.68 Å². The molecule has 1 aromatic carbocycles. The molecule has 0 saturated heterocycles. The van der Waals surface area contributed by atoms with Gasteiger partial charge in [0.15, 0.2) is 0 Å². The molecule has 18 heavy (non-hydrogen) atoms. The van der Waals surface area contributed by atoms with E-state index in [4.69, 9.17) is 0 Å². The molecule has 3 rings (SSSR count). The van der Waals surface area contributed by atoms with Crippen molar-refractivity contribution in [3.8, 4) is 0 Å². The average molecular weight is 241 g/mol. The second-order valence-electron chi connectivity index (χ2n) is 5.04. The normalized spacial score (nSPS) is 15.6. The standard InChI is InChI=1S/C15H19N3/c1-2-5-13(6-3-1)11-18-12-14(10-17-18)9-16-15-7-4-8-15/h1-3,5-6,10,12,15-16H,4,7-9,11H2. The zero-order valence-corrected chi connectivity index (χ0v) is 10.5. The Kier molecular flexibility index (Phi) is 3.42. The van der Waals surface area contributed by atoms with Gasteiger partial charge in [0.25, 0.3) is 0 Å². The van der Waals surface area contributed by atoms with Crippen LogP contribution in [-0.4, -0.2) is 15.8 Å². The van der Waals surface area contributed by atoms with Crippen molar-refractivity contribution in [2.75, 3.05) is 0 Å². The summed E-state index contributed by atoms with van der Waals surface area (Å²) in [4.78, 5) is 0. The van der Waals surface area contributed by atoms with E-state index in [9.17, 15) is 0 Å². The Balaban J connectivity index is 1.55. The molecule has 1 aliphatic carbocycles. The molecule has 3 nitrogen and oxygen atoms in total. The van der Waals surface area contributed by atoms with Gasteiger partial charge in [0, 0.05) is 24.3 Å². The van der Waals surface area contributed by atoms with Crippen LogP contribution in [0.15, 0.2) is 42.7 Å². The summed E-state index contributed by atoms with van der Waals surface area (Å²) in [5, 5.41) is 7.97. The van der Waals surface area contributed by atoms with Gasteiger partial charge >= 0.3 is 0 Å². The third-order valence-electron chi connectivity index (χ3n) is 3.57. The number of benzene rings is 1. The van der Waals surface area contributed by atoms with Gasteiger partial charge in [0.2, 0.25) is 0 Å². The maximum Gasteiger partial charge on any atom is 0.0659 e. The van der Waals surface area contributed by atoms with Gasteiger partial charge in [-0.2, -0.15) is 5.10 Å². The minimum absolute atomic E-state index is 0.738. The molecular weight excluding hydrogens is 222 g/mol. The summed E-state index contributed by atoms with van der Waals surface area (Å²) < 4.78 is 2.01. The first kappa shape index (κ1) is 11.5. The second kappa shape index (κ2) is 5.36. The van der Waals surface area contributed by atoms with Gasteiger partial charge < -0.3 is 5.32 Å². The first-order valence-corrected chi connectivity index (χ1v) is 6.69. The Morgan fingerprint density at radius 3 is 2.72 bits per heavy atom. The van der Waals surface area contributed by atoms with E-state index in [1.807, 2.05) is 16.9 Å². The quantitative estimate of drug-likeness (QED) is 0.872. The minimum Gasteiger partial charge on any atom is -0.310 e. The lowest BCUT2D eigenvalue weighted by Gasteiger charge is -2.26. The molecule has 0 unspecified atom stereocenters. The predicted molar refractivity (Wildman–Crippen MR) is 72.2 cm³/mol. The number of aromatic nitrogens is 2. The fourth-order valence-corrected chi connectivity index (χ4v) is 2.23. The lowest BCUT2D eigenvalue weighted by atomic mass is 9.93. The molecule has 1 heterocycles. The molecule has 1 saturated carbocycles. The van der Waals surface area contributed by atoms with Crippen molar-refractivity contribution in [2.24, 2.45) is 0 Å². The summed E-state index contributed by atoms with van der Waals surface area (Å²) in [6.45, 7) is 1.80. The lowest BCUT2D eigenvalue weighted by molar-refractivity contribution is 0.338. The average Bonchev–Trinajstić information content (AvgIpc) is 2.76. The smallest absolute Gasteiger partial charge is 0.0659 e. The van der Waals surface area contributed by atoms with E-state index in [-0.39, 0.29) is 0 Å². The van der Waals surface area contributed by atoms with Crippen LogP contribution in [-0.2, 0) is 13.1 Å². The van der Waals surface area contributed by atoms with E-state index < -0.39 is 0 Å². The molecule has 0 bridgehead atoms. The van der Waals surface area contributed by atoms with E-state index in [2.05, 4.69) is 40.9 Å². The summed E-state index contributed by atoms with van der Waals surface area (Å²) in [7, 11) is 0. The van der Waals surface area contributed by atoms with Crippen molar-refractivity contribution in [3.05, 3.63) is 53.9 Å². The number of rotatable bonds is 5. The largest absolute Gasteiger partial charge is 0.310 e. The van der Waals surface area contributed by atoms with Crippen LogP contribution in [0.2, 0.25) is 0 Å². The van der Waals surface area contributed by atoms with Crippen LogP contribution in [0.25, 0.3) is 0 Å². The first-order valence-electron chi connectivity index (χ1n) is 6.69. The third-order valence-corrected chi connectivity index (χ3v) is 3.57. The van der Waals surface area contributed by atoms with Gasteiger partial charge in [-0.1, -0.05) is 36.8 Å². The summed E-state index contributed by atoms with van der Waals surface area (Å²) in [5.74, 6) is 0.